The summed E-state index contributed by atoms with van der Waals surface area (Å²) in [5.74, 6) is 1.19. The van der Waals surface area contributed by atoms with Crippen LogP contribution in [0.25, 0.3) is 5.69 Å². The molecule has 5 rings (SSSR count). The van der Waals surface area contributed by atoms with Crippen LogP contribution < -0.4 is 0 Å². The number of nitrogens with zero attached hydrogens (tertiary/aromatic N) is 5. The van der Waals surface area contributed by atoms with Gasteiger partial charge >= 0.3 is 6.09 Å². The molecule has 0 radical (unpaired) electrons. The van der Waals surface area contributed by atoms with Gasteiger partial charge in [-0.05, 0) is 70.6 Å². The molecule has 7 nitrogen and oxygen atoms in total. The van der Waals surface area contributed by atoms with Crippen molar-refractivity contribution in [3.8, 4) is 5.69 Å². The highest BCUT2D eigenvalue weighted by molar-refractivity contribution is 7.09. The highest BCUT2D eigenvalue weighted by atomic mass is 35.5. The Balaban J connectivity index is 1.42. The molecule has 1 saturated carbocycles. The van der Waals surface area contributed by atoms with Crippen molar-refractivity contribution in [2.24, 2.45) is 0 Å². The third-order valence-corrected chi connectivity index (χ3v) is 8.31. The van der Waals surface area contributed by atoms with Gasteiger partial charge in [0, 0.05) is 17.0 Å². The van der Waals surface area contributed by atoms with Crippen LogP contribution >= 0.6 is 22.9 Å². The van der Waals surface area contributed by atoms with Crippen LogP contribution in [0.15, 0.2) is 29.9 Å². The summed E-state index contributed by atoms with van der Waals surface area (Å²) < 4.78 is 7.61. The fourth-order valence-corrected chi connectivity index (χ4v) is 6.16. The van der Waals surface area contributed by atoms with Gasteiger partial charge in [0.25, 0.3) is 0 Å². The molecule has 9 heteroatoms. The molecule has 3 aromatic rings. The first-order valence-electron chi connectivity index (χ1n) is 11.7. The molecule has 1 aromatic carbocycles. The lowest BCUT2D eigenvalue weighted by Crippen LogP contribution is -2.36. The van der Waals surface area contributed by atoms with Crippen LogP contribution in [0, 0.1) is 6.92 Å². The normalized spacial score (nSPS) is 22.6. The maximum atomic E-state index is 12.9. The predicted molar refractivity (Wildman–Crippen MR) is 132 cm³/mol. The Morgan fingerprint density at radius 1 is 1.24 bits per heavy atom. The van der Waals surface area contributed by atoms with E-state index in [1.165, 1.54) is 5.01 Å². The first kappa shape index (κ1) is 23.3. The van der Waals surface area contributed by atoms with E-state index in [9.17, 15) is 4.79 Å². The molecule has 1 aliphatic carbocycles. The lowest BCUT2D eigenvalue weighted by Gasteiger charge is -2.35. The van der Waals surface area contributed by atoms with Gasteiger partial charge in [-0.25, -0.2) is 9.78 Å². The minimum Gasteiger partial charge on any atom is -0.444 e. The Labute approximate surface area is 209 Å². The average molecular weight is 500 g/mol. The molecule has 1 fully saturated rings. The number of hydrogen-bond acceptors (Lipinski definition) is 6. The van der Waals surface area contributed by atoms with Crippen LogP contribution in [0.5, 0.6) is 0 Å². The fourth-order valence-electron chi connectivity index (χ4n) is 4.85. The number of halogens is 1. The van der Waals surface area contributed by atoms with E-state index in [1.807, 2.05) is 32.3 Å². The summed E-state index contributed by atoms with van der Waals surface area (Å²) in [5, 5.41) is 11.7. The summed E-state index contributed by atoms with van der Waals surface area (Å²) in [6.45, 7) is 8.43. The number of ether oxygens (including phenoxy) is 1. The number of hydrogen-bond donors (Lipinski definition) is 0. The van der Waals surface area contributed by atoms with Crippen molar-refractivity contribution in [2.75, 3.05) is 0 Å². The lowest BCUT2D eigenvalue weighted by atomic mass is 9.77. The van der Waals surface area contributed by atoms with E-state index in [-0.39, 0.29) is 6.09 Å². The van der Waals surface area contributed by atoms with Crippen molar-refractivity contribution in [3.05, 3.63) is 57.6 Å². The van der Waals surface area contributed by atoms with Crippen LogP contribution in [0.1, 0.15) is 80.0 Å². The SMILES string of the molecule is Cc1csc(C2CCC(Cl)(c3ccc4c(c3)CN(C(=O)OC(C)(C)C)Cc3nncn3-4)CC2)n1. The molecule has 0 spiro atoms. The highest BCUT2D eigenvalue weighted by Gasteiger charge is 2.37. The number of carbonyl (C=O) groups is 1. The number of aromatic nitrogens is 4. The Morgan fingerprint density at radius 2 is 2.00 bits per heavy atom. The molecule has 0 N–H and O–H groups in total. The fraction of sp³-hybridized carbons (Fsp3) is 0.520. The molecule has 1 amide bonds. The summed E-state index contributed by atoms with van der Waals surface area (Å²) in [7, 11) is 0. The van der Waals surface area contributed by atoms with Gasteiger partial charge in [0.15, 0.2) is 5.82 Å². The highest BCUT2D eigenvalue weighted by Crippen LogP contribution is 2.48. The molecule has 0 saturated heterocycles. The molecule has 1 aliphatic heterocycles. The van der Waals surface area contributed by atoms with Gasteiger partial charge in [0.05, 0.1) is 28.7 Å². The van der Waals surface area contributed by atoms with Crippen molar-refractivity contribution < 1.29 is 9.53 Å². The standard InChI is InChI=1S/C25H30ClN5O2S/c1-16-14-34-22(28-16)17-7-9-25(26,10-8-17)19-5-6-20-18(11-19)12-30(23(32)33-24(2,3)4)13-21-29-27-15-31(20)21/h5-6,11,14-15,17H,7-10,12-13H2,1-4H3. The van der Waals surface area contributed by atoms with Gasteiger partial charge in [-0.1, -0.05) is 12.1 Å². The zero-order valence-electron chi connectivity index (χ0n) is 20.0. The molecule has 34 heavy (non-hydrogen) atoms. The molecule has 0 bridgehead atoms. The maximum Gasteiger partial charge on any atom is 0.411 e. The Bertz CT molecular complexity index is 1210. The summed E-state index contributed by atoms with van der Waals surface area (Å²) in [4.78, 5) is 18.9. The monoisotopic (exact) mass is 499 g/mol. The van der Waals surface area contributed by atoms with Crippen LogP contribution in [-0.4, -0.2) is 36.3 Å². The Morgan fingerprint density at radius 3 is 2.68 bits per heavy atom. The smallest absolute Gasteiger partial charge is 0.411 e. The maximum absolute atomic E-state index is 12.9. The molecular formula is C25H30ClN5O2S. The van der Waals surface area contributed by atoms with Crippen molar-refractivity contribution in [2.45, 2.75) is 82.9 Å². The minimum absolute atomic E-state index is 0.333. The van der Waals surface area contributed by atoms with Crippen LogP contribution in [-0.2, 0) is 22.7 Å². The van der Waals surface area contributed by atoms with E-state index >= 15 is 0 Å². The lowest BCUT2D eigenvalue weighted by molar-refractivity contribution is 0.0214. The number of fused-ring (bicyclic) bond motifs is 3. The number of rotatable bonds is 2. The van der Waals surface area contributed by atoms with E-state index < -0.39 is 10.5 Å². The number of amides is 1. The average Bonchev–Trinajstić information content (AvgIpc) is 3.38. The summed E-state index contributed by atoms with van der Waals surface area (Å²) in [5.41, 5.74) is 3.61. The number of thiazole rings is 1. The third-order valence-electron chi connectivity index (χ3n) is 6.58. The van der Waals surface area contributed by atoms with Crippen LogP contribution in [0.4, 0.5) is 4.79 Å². The van der Waals surface area contributed by atoms with Crippen LogP contribution in [0.2, 0.25) is 0 Å². The molecule has 0 atom stereocenters. The number of benzene rings is 1. The zero-order chi connectivity index (χ0) is 24.1. The van der Waals surface area contributed by atoms with E-state index in [0.717, 1.165) is 48.2 Å². The number of alkyl halides is 1. The van der Waals surface area contributed by atoms with Gasteiger partial charge in [-0.15, -0.1) is 33.1 Å². The van der Waals surface area contributed by atoms with Crippen LogP contribution in [0.3, 0.4) is 0 Å². The quantitative estimate of drug-likeness (QED) is 0.400. The topological polar surface area (TPSA) is 73.1 Å². The summed E-state index contributed by atoms with van der Waals surface area (Å²) >= 11 is 9.01. The molecular weight excluding hydrogens is 470 g/mol. The number of carbonyl (C=O) groups excluding carboxylic acids is 1. The van der Waals surface area contributed by atoms with E-state index in [4.69, 9.17) is 21.3 Å². The Hall–Kier alpha value is -2.45. The second-order valence-electron chi connectivity index (χ2n) is 10.4. The molecule has 180 valence electrons. The molecule has 2 aliphatic rings. The molecule has 2 aromatic heterocycles. The summed E-state index contributed by atoms with van der Waals surface area (Å²) in [6, 6.07) is 6.35. The Kier molecular flexibility index (Phi) is 5.92. The van der Waals surface area contributed by atoms with E-state index in [0.29, 0.717) is 24.8 Å². The van der Waals surface area contributed by atoms with Crippen molar-refractivity contribution in [1.82, 2.24) is 24.6 Å². The van der Waals surface area contributed by atoms with Gasteiger partial charge in [-0.3, -0.25) is 9.47 Å². The van der Waals surface area contributed by atoms with Crippen molar-refractivity contribution in [1.29, 1.82) is 0 Å². The second kappa shape index (κ2) is 8.64. The van der Waals surface area contributed by atoms with Gasteiger partial charge < -0.3 is 4.74 Å². The van der Waals surface area contributed by atoms with Gasteiger partial charge in [0.2, 0.25) is 0 Å². The van der Waals surface area contributed by atoms with Gasteiger partial charge in [-0.2, -0.15) is 0 Å². The largest absolute Gasteiger partial charge is 0.444 e. The van der Waals surface area contributed by atoms with Crippen molar-refractivity contribution >= 4 is 29.0 Å². The molecule has 3 heterocycles. The van der Waals surface area contributed by atoms with E-state index in [2.05, 4.69) is 33.8 Å². The number of aryl methyl sites for hydroxylation is 1. The second-order valence-corrected chi connectivity index (χ2v) is 12.0. The first-order valence-corrected chi connectivity index (χ1v) is 13.0. The zero-order valence-corrected chi connectivity index (χ0v) is 21.6. The van der Waals surface area contributed by atoms with Gasteiger partial charge in [0.1, 0.15) is 11.9 Å². The summed E-state index contributed by atoms with van der Waals surface area (Å²) in [6.07, 6.45) is 5.17. The van der Waals surface area contributed by atoms with Crippen molar-refractivity contribution in [3.63, 3.8) is 0 Å². The third kappa shape index (κ3) is 4.58. The first-order chi connectivity index (χ1) is 16.1. The van der Waals surface area contributed by atoms with E-state index in [1.54, 1.807) is 22.6 Å². The molecule has 0 unspecified atom stereocenters. The minimum atomic E-state index is -0.573. The predicted octanol–water partition coefficient (Wildman–Crippen LogP) is 6.07.